The van der Waals surface area contributed by atoms with Gasteiger partial charge in [-0.05, 0) is 78.0 Å². The molecule has 4 N–H and O–H groups in total. The van der Waals surface area contributed by atoms with Crippen LogP contribution in [0.1, 0.15) is 76.8 Å². The van der Waals surface area contributed by atoms with Crippen LogP contribution in [0.5, 0.6) is 0 Å². The summed E-state index contributed by atoms with van der Waals surface area (Å²) in [6.45, 7) is 9.45. The van der Waals surface area contributed by atoms with Gasteiger partial charge in [0.25, 0.3) is 0 Å². The fraction of sp³-hybridized carbons (Fsp3) is 0.452. The summed E-state index contributed by atoms with van der Waals surface area (Å²) in [4.78, 5) is 30.0. The zero-order chi connectivity index (χ0) is 31.2. The average molecular weight is 628 g/mol. The van der Waals surface area contributed by atoms with Gasteiger partial charge >= 0.3 is 12.1 Å². The third kappa shape index (κ3) is 9.50. The first-order valence-electron chi connectivity index (χ1n) is 14.5. The van der Waals surface area contributed by atoms with Crippen molar-refractivity contribution in [3.8, 4) is 10.4 Å². The zero-order valence-electron chi connectivity index (χ0n) is 25.3. The molecular weight excluding hydrogens is 587 g/mol. The van der Waals surface area contributed by atoms with Crippen LogP contribution in [0.2, 0.25) is 0 Å². The molecule has 0 unspecified atom stereocenters. The molecule has 0 atom stereocenters. The minimum Gasteiger partial charge on any atom is -0.446 e. The van der Waals surface area contributed by atoms with Gasteiger partial charge in [0, 0.05) is 41.5 Å². The maximum atomic E-state index is 13.6. The van der Waals surface area contributed by atoms with E-state index in [0.29, 0.717) is 17.8 Å². The number of nitrogens with one attached hydrogen (secondary N) is 4. The van der Waals surface area contributed by atoms with E-state index < -0.39 is 21.6 Å². The third-order valence-corrected chi connectivity index (χ3v) is 9.75. The van der Waals surface area contributed by atoms with Gasteiger partial charge < -0.3 is 20.7 Å². The Kier molecular flexibility index (Phi) is 10.5. The summed E-state index contributed by atoms with van der Waals surface area (Å²) in [5.74, 6) is 0.203. The number of urea groups is 1. The SMILES string of the molecule is CC(C)NC(=O)OC1CCC(c2ncc(-c3ccc(NC(=O)NCc4ccccc4)cc3S(=O)(=O)NC(C)(C)C)s2)CC1. The van der Waals surface area contributed by atoms with Gasteiger partial charge in [-0.3, -0.25) is 0 Å². The van der Waals surface area contributed by atoms with Crippen LogP contribution in [-0.2, 0) is 21.3 Å². The van der Waals surface area contributed by atoms with Gasteiger partial charge in [0.2, 0.25) is 10.0 Å². The van der Waals surface area contributed by atoms with Crippen LogP contribution in [0.15, 0.2) is 59.6 Å². The van der Waals surface area contributed by atoms with E-state index in [1.165, 1.54) is 17.4 Å². The number of anilines is 1. The number of aromatic nitrogens is 1. The number of hydrogen-bond acceptors (Lipinski definition) is 7. The highest BCUT2D eigenvalue weighted by atomic mass is 32.2. The van der Waals surface area contributed by atoms with Crippen molar-refractivity contribution in [2.24, 2.45) is 0 Å². The molecule has 3 amide bonds. The molecule has 1 aromatic heterocycles. The minimum absolute atomic E-state index is 0.0199. The smallest absolute Gasteiger partial charge is 0.407 e. The van der Waals surface area contributed by atoms with E-state index in [1.54, 1.807) is 39.1 Å². The van der Waals surface area contributed by atoms with E-state index in [1.807, 2.05) is 44.2 Å². The van der Waals surface area contributed by atoms with Crippen LogP contribution >= 0.6 is 11.3 Å². The summed E-state index contributed by atoms with van der Waals surface area (Å²) >= 11 is 1.47. The maximum absolute atomic E-state index is 13.6. The van der Waals surface area contributed by atoms with Gasteiger partial charge in [-0.2, -0.15) is 0 Å². The van der Waals surface area contributed by atoms with Gasteiger partial charge in [-0.1, -0.05) is 36.4 Å². The Bertz CT molecular complexity index is 1510. The predicted octanol–water partition coefficient (Wildman–Crippen LogP) is 6.37. The fourth-order valence-corrected chi connectivity index (χ4v) is 7.74. The molecule has 1 heterocycles. The number of sulfonamides is 1. The van der Waals surface area contributed by atoms with Crippen molar-refractivity contribution in [1.29, 1.82) is 0 Å². The number of thiazole rings is 1. The summed E-state index contributed by atoms with van der Waals surface area (Å²) in [6.07, 6.45) is 4.33. The van der Waals surface area contributed by atoms with Crippen molar-refractivity contribution in [3.05, 3.63) is 65.3 Å². The largest absolute Gasteiger partial charge is 0.446 e. The number of nitrogens with zero attached hydrogens (tertiary/aromatic N) is 1. The first-order chi connectivity index (χ1) is 20.3. The van der Waals surface area contributed by atoms with Crippen LogP contribution in [0, 0.1) is 0 Å². The predicted molar refractivity (Wildman–Crippen MR) is 170 cm³/mol. The van der Waals surface area contributed by atoms with Crippen molar-refractivity contribution in [1.82, 2.24) is 20.3 Å². The number of benzene rings is 2. The molecule has 0 bridgehead atoms. The molecule has 1 fully saturated rings. The Labute approximate surface area is 258 Å². The summed E-state index contributed by atoms with van der Waals surface area (Å²) in [7, 11) is -3.95. The molecule has 0 spiro atoms. The van der Waals surface area contributed by atoms with Gasteiger partial charge in [0.15, 0.2) is 0 Å². The summed E-state index contributed by atoms with van der Waals surface area (Å²) < 4.78 is 35.5. The summed E-state index contributed by atoms with van der Waals surface area (Å²) in [6, 6.07) is 14.0. The lowest BCUT2D eigenvalue weighted by atomic mass is 9.88. The van der Waals surface area contributed by atoms with Gasteiger partial charge in [0.1, 0.15) is 6.10 Å². The molecule has 1 aliphatic rings. The number of hydrogen-bond donors (Lipinski definition) is 4. The van der Waals surface area contributed by atoms with Crippen LogP contribution in [-0.4, -0.2) is 43.2 Å². The maximum Gasteiger partial charge on any atom is 0.407 e. The summed E-state index contributed by atoms with van der Waals surface area (Å²) in [5.41, 5.74) is 1.11. The lowest BCUT2D eigenvalue weighted by Crippen LogP contribution is -2.40. The minimum atomic E-state index is -3.95. The lowest BCUT2D eigenvalue weighted by Gasteiger charge is -2.27. The van der Waals surface area contributed by atoms with E-state index >= 15 is 0 Å². The Morgan fingerprint density at radius 1 is 1.05 bits per heavy atom. The topological polar surface area (TPSA) is 139 Å². The summed E-state index contributed by atoms with van der Waals surface area (Å²) in [5, 5.41) is 9.24. The molecule has 2 aromatic carbocycles. The average Bonchev–Trinajstić information content (AvgIpc) is 3.41. The van der Waals surface area contributed by atoms with E-state index in [2.05, 4.69) is 25.7 Å². The molecule has 12 heteroatoms. The van der Waals surface area contributed by atoms with E-state index in [4.69, 9.17) is 4.74 Å². The molecule has 0 aliphatic heterocycles. The lowest BCUT2D eigenvalue weighted by molar-refractivity contribution is 0.0699. The van der Waals surface area contributed by atoms with Gasteiger partial charge in [-0.25, -0.2) is 27.7 Å². The number of amides is 3. The monoisotopic (exact) mass is 627 g/mol. The zero-order valence-corrected chi connectivity index (χ0v) is 26.9. The Morgan fingerprint density at radius 3 is 2.40 bits per heavy atom. The molecule has 1 saturated carbocycles. The molecule has 1 aliphatic carbocycles. The van der Waals surface area contributed by atoms with Crippen LogP contribution in [0.25, 0.3) is 10.4 Å². The Hall–Kier alpha value is -3.48. The van der Waals surface area contributed by atoms with Crippen LogP contribution in [0.4, 0.5) is 15.3 Å². The highest BCUT2D eigenvalue weighted by molar-refractivity contribution is 7.89. The number of carbonyl (C=O) groups excluding carboxylic acids is 2. The van der Waals surface area contributed by atoms with Crippen molar-refractivity contribution in [3.63, 3.8) is 0 Å². The highest BCUT2D eigenvalue weighted by Gasteiger charge is 2.29. The standard InChI is InChI=1S/C31H41N5O5S2/c1-20(2)34-30(38)41-24-14-11-22(12-15-24)28-32-19-26(42-28)25-16-13-23(17-27(25)43(39,40)36-31(3,4)5)35-29(37)33-18-21-9-7-6-8-10-21/h6-10,13,16-17,19-20,22,24,36H,11-12,14-15,18H2,1-5H3,(H,34,38)(H2,33,35,37). The Balaban J connectivity index is 1.50. The second kappa shape index (κ2) is 13.9. The van der Waals surface area contributed by atoms with E-state index in [0.717, 1.165) is 41.1 Å². The first-order valence-corrected chi connectivity index (χ1v) is 16.8. The van der Waals surface area contributed by atoms with E-state index in [-0.39, 0.29) is 29.1 Å². The fourth-order valence-electron chi connectivity index (χ4n) is 4.89. The second-order valence-electron chi connectivity index (χ2n) is 12.1. The molecule has 232 valence electrons. The molecule has 0 saturated heterocycles. The van der Waals surface area contributed by atoms with Crippen molar-refractivity contribution < 1.29 is 22.7 Å². The van der Waals surface area contributed by atoms with E-state index in [9.17, 15) is 18.0 Å². The van der Waals surface area contributed by atoms with Gasteiger partial charge in [0.05, 0.1) is 14.8 Å². The third-order valence-electron chi connectivity index (χ3n) is 6.76. The number of rotatable bonds is 9. The highest BCUT2D eigenvalue weighted by Crippen LogP contribution is 2.40. The molecular formula is C31H41N5O5S2. The molecule has 43 heavy (non-hydrogen) atoms. The normalized spacial score (nSPS) is 17.3. The van der Waals surface area contributed by atoms with Crippen LogP contribution in [0.3, 0.4) is 0 Å². The number of carbonyl (C=O) groups is 2. The number of ether oxygens (including phenoxy) is 1. The van der Waals surface area contributed by atoms with Crippen molar-refractivity contribution in [2.75, 3.05) is 5.32 Å². The van der Waals surface area contributed by atoms with Crippen molar-refractivity contribution >= 4 is 39.2 Å². The molecule has 4 rings (SSSR count). The van der Waals surface area contributed by atoms with Gasteiger partial charge in [-0.15, -0.1) is 11.3 Å². The first kappa shape index (κ1) is 32.4. The molecule has 10 nitrogen and oxygen atoms in total. The quantitative estimate of drug-likeness (QED) is 0.218. The molecule has 3 aromatic rings. The number of alkyl carbamates (subject to hydrolysis) is 1. The second-order valence-corrected chi connectivity index (χ2v) is 14.8. The Morgan fingerprint density at radius 2 is 1.74 bits per heavy atom. The van der Waals surface area contributed by atoms with Crippen molar-refractivity contribution in [2.45, 2.75) is 95.3 Å². The molecule has 0 radical (unpaired) electrons. The van der Waals surface area contributed by atoms with Crippen LogP contribution < -0.4 is 20.7 Å².